The molecule has 1 aliphatic carbocycles. The summed E-state index contributed by atoms with van der Waals surface area (Å²) >= 11 is 0. The summed E-state index contributed by atoms with van der Waals surface area (Å²) in [6, 6.07) is 5.52. The Morgan fingerprint density at radius 1 is 1.35 bits per heavy atom. The number of halogens is 1. The van der Waals surface area contributed by atoms with Gasteiger partial charge in [-0.3, -0.25) is 9.52 Å². The summed E-state index contributed by atoms with van der Waals surface area (Å²) in [7, 11) is -2.60. The number of sulfonamides is 1. The molecule has 1 aromatic rings. The summed E-state index contributed by atoms with van der Waals surface area (Å²) in [6.45, 7) is 0. The molecule has 1 aliphatic rings. The molecule has 0 saturated heterocycles. The molecule has 2 rings (SSSR count). The van der Waals surface area contributed by atoms with Crippen LogP contribution in [0, 0.1) is 11.7 Å². The highest BCUT2D eigenvalue weighted by molar-refractivity contribution is 7.93. The number of para-hydroxylation sites is 1. The van der Waals surface area contributed by atoms with E-state index in [0.29, 0.717) is 19.3 Å². The van der Waals surface area contributed by atoms with Crippen LogP contribution in [-0.2, 0) is 19.6 Å². The Kier molecular flexibility index (Phi) is 4.27. The number of benzene rings is 1. The van der Waals surface area contributed by atoms with E-state index in [4.69, 9.17) is 0 Å². The fourth-order valence-electron chi connectivity index (χ4n) is 2.49. The van der Waals surface area contributed by atoms with Gasteiger partial charge in [0.2, 0.25) is 10.0 Å². The van der Waals surface area contributed by atoms with Gasteiger partial charge >= 0.3 is 5.97 Å². The number of anilines is 1. The van der Waals surface area contributed by atoms with Crippen molar-refractivity contribution in [2.45, 2.75) is 24.5 Å². The van der Waals surface area contributed by atoms with Crippen molar-refractivity contribution in [3.05, 3.63) is 30.1 Å². The Bertz CT molecular complexity index is 602. The lowest BCUT2D eigenvalue weighted by molar-refractivity contribution is -0.145. The molecule has 7 heteroatoms. The molecule has 2 atom stereocenters. The molecule has 5 nitrogen and oxygen atoms in total. The average Bonchev–Trinajstić information content (AvgIpc) is 2.90. The van der Waals surface area contributed by atoms with Crippen LogP contribution in [0.25, 0.3) is 0 Å². The van der Waals surface area contributed by atoms with Crippen molar-refractivity contribution in [2.24, 2.45) is 5.92 Å². The van der Waals surface area contributed by atoms with Gasteiger partial charge < -0.3 is 4.74 Å². The average molecular weight is 301 g/mol. The number of hydrogen-bond donors (Lipinski definition) is 1. The zero-order chi connectivity index (χ0) is 14.8. The van der Waals surface area contributed by atoms with Gasteiger partial charge in [0.1, 0.15) is 5.82 Å². The molecule has 1 N–H and O–H groups in total. The number of esters is 1. The Hall–Kier alpha value is -1.63. The van der Waals surface area contributed by atoms with Gasteiger partial charge in [0.15, 0.2) is 0 Å². The Balaban J connectivity index is 2.22. The van der Waals surface area contributed by atoms with E-state index in [1.165, 1.54) is 31.4 Å². The third-order valence-corrected chi connectivity index (χ3v) is 5.35. The lowest BCUT2D eigenvalue weighted by Gasteiger charge is -2.19. The number of carbonyl (C=O) groups is 1. The predicted octanol–water partition coefficient (Wildman–Crippen LogP) is 1.91. The van der Waals surface area contributed by atoms with Crippen LogP contribution >= 0.6 is 0 Å². The highest BCUT2D eigenvalue weighted by Gasteiger charge is 2.42. The molecule has 0 spiro atoms. The normalized spacial score (nSPS) is 22.5. The van der Waals surface area contributed by atoms with Gasteiger partial charge in [0.25, 0.3) is 0 Å². The second-order valence-corrected chi connectivity index (χ2v) is 6.63. The van der Waals surface area contributed by atoms with Gasteiger partial charge in [-0.15, -0.1) is 0 Å². The fourth-order valence-corrected chi connectivity index (χ4v) is 4.27. The van der Waals surface area contributed by atoms with Gasteiger partial charge in [-0.05, 0) is 25.0 Å². The molecule has 0 aliphatic heterocycles. The monoisotopic (exact) mass is 301 g/mol. The first-order valence-electron chi connectivity index (χ1n) is 6.29. The zero-order valence-electron chi connectivity index (χ0n) is 11.0. The summed E-state index contributed by atoms with van der Waals surface area (Å²) in [5.74, 6) is -1.88. The van der Waals surface area contributed by atoms with Crippen LogP contribution < -0.4 is 4.72 Å². The van der Waals surface area contributed by atoms with Crippen LogP contribution in [0.2, 0.25) is 0 Å². The number of methoxy groups -OCH3 is 1. The number of nitrogens with one attached hydrogen (secondary N) is 1. The van der Waals surface area contributed by atoms with Crippen molar-refractivity contribution in [1.82, 2.24) is 0 Å². The van der Waals surface area contributed by atoms with Crippen LogP contribution in [0.15, 0.2) is 24.3 Å². The lowest BCUT2D eigenvalue weighted by Crippen LogP contribution is -2.35. The number of rotatable bonds is 4. The second-order valence-electron chi connectivity index (χ2n) is 4.73. The van der Waals surface area contributed by atoms with Gasteiger partial charge in [0.05, 0.1) is 24.0 Å². The van der Waals surface area contributed by atoms with Crippen molar-refractivity contribution in [3.8, 4) is 0 Å². The number of carbonyl (C=O) groups excluding carboxylic acids is 1. The van der Waals surface area contributed by atoms with Crippen LogP contribution in [0.5, 0.6) is 0 Å². The second kappa shape index (κ2) is 5.78. The molecular weight excluding hydrogens is 285 g/mol. The van der Waals surface area contributed by atoms with E-state index >= 15 is 0 Å². The molecule has 110 valence electrons. The van der Waals surface area contributed by atoms with E-state index in [1.807, 2.05) is 0 Å². The van der Waals surface area contributed by atoms with E-state index in [0.717, 1.165) is 0 Å². The standard InChI is InChI=1S/C13H16FNO4S/c1-19-13(16)9-5-4-8-12(9)20(17,18)15-11-7-3-2-6-10(11)14/h2-3,6-7,9,12,15H,4-5,8H2,1H3. The van der Waals surface area contributed by atoms with Crippen molar-refractivity contribution in [2.75, 3.05) is 11.8 Å². The summed E-state index contributed by atoms with van der Waals surface area (Å²) < 4.78 is 45.0. The molecule has 0 bridgehead atoms. The lowest BCUT2D eigenvalue weighted by atomic mass is 10.1. The highest BCUT2D eigenvalue weighted by Crippen LogP contribution is 2.33. The molecule has 0 amide bonds. The fraction of sp³-hybridized carbons (Fsp3) is 0.462. The maximum Gasteiger partial charge on any atom is 0.310 e. The van der Waals surface area contributed by atoms with Crippen LogP contribution in [0.3, 0.4) is 0 Å². The third kappa shape index (κ3) is 2.92. The largest absolute Gasteiger partial charge is 0.469 e. The Labute approximate surface area is 117 Å². The van der Waals surface area contributed by atoms with E-state index in [-0.39, 0.29) is 5.69 Å². The SMILES string of the molecule is COC(=O)C1CCCC1S(=O)(=O)Nc1ccccc1F. The van der Waals surface area contributed by atoms with Gasteiger partial charge in [-0.2, -0.15) is 0 Å². The first-order chi connectivity index (χ1) is 9.45. The van der Waals surface area contributed by atoms with Gasteiger partial charge in [0, 0.05) is 0 Å². The van der Waals surface area contributed by atoms with Gasteiger partial charge in [-0.1, -0.05) is 18.6 Å². The quantitative estimate of drug-likeness (QED) is 0.862. The molecule has 0 aromatic heterocycles. The Morgan fingerprint density at radius 3 is 2.70 bits per heavy atom. The first kappa shape index (κ1) is 14.8. The predicted molar refractivity (Wildman–Crippen MR) is 72.1 cm³/mol. The maximum absolute atomic E-state index is 13.5. The minimum atomic E-state index is -3.83. The maximum atomic E-state index is 13.5. The highest BCUT2D eigenvalue weighted by atomic mass is 32.2. The zero-order valence-corrected chi connectivity index (χ0v) is 11.8. The number of ether oxygens (including phenoxy) is 1. The summed E-state index contributed by atoms with van der Waals surface area (Å²) in [5.41, 5.74) is -0.108. The van der Waals surface area contributed by atoms with Crippen LogP contribution in [0.4, 0.5) is 10.1 Å². The minimum absolute atomic E-state index is 0.108. The minimum Gasteiger partial charge on any atom is -0.469 e. The smallest absolute Gasteiger partial charge is 0.310 e. The molecule has 1 aromatic carbocycles. The molecule has 1 saturated carbocycles. The van der Waals surface area contributed by atoms with Crippen molar-refractivity contribution >= 4 is 21.7 Å². The van der Waals surface area contributed by atoms with Crippen LogP contribution in [0.1, 0.15) is 19.3 Å². The van der Waals surface area contributed by atoms with E-state index in [1.54, 1.807) is 0 Å². The van der Waals surface area contributed by atoms with Crippen molar-refractivity contribution in [1.29, 1.82) is 0 Å². The van der Waals surface area contributed by atoms with E-state index in [9.17, 15) is 17.6 Å². The van der Waals surface area contributed by atoms with Gasteiger partial charge in [-0.25, -0.2) is 12.8 Å². The summed E-state index contributed by atoms with van der Waals surface area (Å²) in [6.07, 6.45) is 1.46. The van der Waals surface area contributed by atoms with Crippen molar-refractivity contribution < 1.29 is 22.3 Å². The molecular formula is C13H16FNO4S. The molecule has 20 heavy (non-hydrogen) atoms. The topological polar surface area (TPSA) is 72.5 Å². The van der Waals surface area contributed by atoms with Crippen LogP contribution in [-0.4, -0.2) is 26.7 Å². The summed E-state index contributed by atoms with van der Waals surface area (Å²) in [4.78, 5) is 11.6. The molecule has 0 radical (unpaired) electrons. The van der Waals surface area contributed by atoms with Crippen molar-refractivity contribution in [3.63, 3.8) is 0 Å². The summed E-state index contributed by atoms with van der Waals surface area (Å²) in [5, 5.41) is -0.880. The number of hydrogen-bond acceptors (Lipinski definition) is 4. The van der Waals surface area contributed by atoms with E-state index < -0.39 is 33.0 Å². The third-order valence-electron chi connectivity index (χ3n) is 3.48. The molecule has 1 fully saturated rings. The van der Waals surface area contributed by atoms with E-state index in [2.05, 4.69) is 9.46 Å². The molecule has 0 heterocycles. The Morgan fingerprint density at radius 2 is 2.05 bits per heavy atom. The first-order valence-corrected chi connectivity index (χ1v) is 7.84. The molecule has 2 unspecified atom stereocenters.